The maximum atomic E-state index is 11.9. The maximum Gasteiger partial charge on any atom is 0.243 e. The second kappa shape index (κ2) is 8.42. The Morgan fingerprint density at radius 1 is 1.17 bits per heavy atom. The minimum Gasteiger partial charge on any atom is -0.346 e. The Balaban J connectivity index is 1.72. The van der Waals surface area contributed by atoms with Crippen LogP contribution in [0.2, 0.25) is 0 Å². The Labute approximate surface area is 145 Å². The van der Waals surface area contributed by atoms with Crippen LogP contribution in [0.15, 0.2) is 22.7 Å². The van der Waals surface area contributed by atoms with Gasteiger partial charge in [0.2, 0.25) is 11.8 Å². The molecule has 0 saturated carbocycles. The standard InChI is InChI=1S/C16H23BrN4O2/c1-12-9-13(17)3-4-14(12)19-15(22)10-18-16(23)11-21-7-5-20(2)6-8-21/h3-4,9H,5-8,10-11H2,1-2H3,(H,18,23)(H,19,22). The van der Waals surface area contributed by atoms with Crippen molar-refractivity contribution in [1.82, 2.24) is 15.1 Å². The number of hydrogen-bond donors (Lipinski definition) is 2. The van der Waals surface area contributed by atoms with E-state index < -0.39 is 0 Å². The molecule has 0 radical (unpaired) electrons. The number of aryl methyl sites for hydroxylation is 1. The number of piperazine rings is 1. The van der Waals surface area contributed by atoms with Crippen LogP contribution in [0.25, 0.3) is 0 Å². The Morgan fingerprint density at radius 2 is 1.87 bits per heavy atom. The van der Waals surface area contributed by atoms with Crippen molar-refractivity contribution in [3.8, 4) is 0 Å². The summed E-state index contributed by atoms with van der Waals surface area (Å²) in [5.74, 6) is -0.334. The van der Waals surface area contributed by atoms with E-state index in [0.29, 0.717) is 6.54 Å². The van der Waals surface area contributed by atoms with Crippen molar-refractivity contribution in [2.24, 2.45) is 0 Å². The summed E-state index contributed by atoms with van der Waals surface area (Å²) in [6.45, 7) is 5.96. The topological polar surface area (TPSA) is 64.7 Å². The van der Waals surface area contributed by atoms with Gasteiger partial charge in [-0.3, -0.25) is 14.5 Å². The fourth-order valence-corrected chi connectivity index (χ4v) is 2.88. The van der Waals surface area contributed by atoms with Gasteiger partial charge in [0.25, 0.3) is 0 Å². The molecule has 7 heteroatoms. The molecule has 1 aromatic carbocycles. The van der Waals surface area contributed by atoms with Crippen LogP contribution in [0.1, 0.15) is 5.56 Å². The zero-order chi connectivity index (χ0) is 16.8. The molecule has 2 N–H and O–H groups in total. The third-order valence-electron chi connectivity index (χ3n) is 3.87. The number of rotatable bonds is 5. The first-order chi connectivity index (χ1) is 10.9. The van der Waals surface area contributed by atoms with E-state index in [0.717, 1.165) is 41.9 Å². The summed E-state index contributed by atoms with van der Waals surface area (Å²) in [4.78, 5) is 28.2. The number of hydrogen-bond acceptors (Lipinski definition) is 4. The number of nitrogens with zero attached hydrogens (tertiary/aromatic N) is 2. The molecule has 126 valence electrons. The van der Waals surface area contributed by atoms with E-state index in [1.165, 1.54) is 0 Å². The van der Waals surface area contributed by atoms with E-state index in [9.17, 15) is 9.59 Å². The third kappa shape index (κ3) is 5.93. The molecule has 0 atom stereocenters. The van der Waals surface area contributed by atoms with Gasteiger partial charge in [-0.25, -0.2) is 0 Å². The maximum absolute atomic E-state index is 11.9. The smallest absolute Gasteiger partial charge is 0.243 e. The first-order valence-electron chi connectivity index (χ1n) is 7.67. The molecule has 1 aliphatic heterocycles. The molecule has 23 heavy (non-hydrogen) atoms. The zero-order valence-corrected chi connectivity index (χ0v) is 15.1. The number of amides is 2. The molecular weight excluding hydrogens is 360 g/mol. The van der Waals surface area contributed by atoms with Crippen molar-refractivity contribution in [2.45, 2.75) is 6.92 Å². The molecule has 0 spiro atoms. The van der Waals surface area contributed by atoms with Crippen LogP contribution in [-0.2, 0) is 9.59 Å². The minimum absolute atomic E-state index is 0.0118. The SMILES string of the molecule is Cc1cc(Br)ccc1NC(=O)CNC(=O)CN1CCN(C)CC1. The number of carbonyl (C=O) groups excluding carboxylic acids is 2. The van der Waals surface area contributed by atoms with E-state index in [-0.39, 0.29) is 18.4 Å². The van der Waals surface area contributed by atoms with E-state index in [1.807, 2.05) is 25.1 Å². The van der Waals surface area contributed by atoms with Gasteiger partial charge in [0.1, 0.15) is 0 Å². The minimum atomic E-state index is -0.220. The van der Waals surface area contributed by atoms with Gasteiger partial charge < -0.3 is 15.5 Å². The number of anilines is 1. The molecule has 1 aliphatic rings. The van der Waals surface area contributed by atoms with Crippen molar-refractivity contribution in [3.63, 3.8) is 0 Å². The van der Waals surface area contributed by atoms with Crippen LogP contribution in [0.4, 0.5) is 5.69 Å². The highest BCUT2D eigenvalue weighted by Gasteiger charge is 2.16. The number of carbonyl (C=O) groups is 2. The van der Waals surface area contributed by atoms with Gasteiger partial charge in [-0.05, 0) is 37.7 Å². The van der Waals surface area contributed by atoms with E-state index in [2.05, 4.69) is 43.4 Å². The van der Waals surface area contributed by atoms with Gasteiger partial charge in [-0.15, -0.1) is 0 Å². The van der Waals surface area contributed by atoms with Crippen molar-refractivity contribution < 1.29 is 9.59 Å². The van der Waals surface area contributed by atoms with Crippen LogP contribution in [-0.4, -0.2) is 67.9 Å². The predicted octanol–water partition coefficient (Wildman–Crippen LogP) is 1.06. The number of nitrogens with one attached hydrogen (secondary N) is 2. The molecule has 2 amide bonds. The van der Waals surface area contributed by atoms with Gasteiger partial charge >= 0.3 is 0 Å². The normalized spacial score (nSPS) is 16.1. The molecule has 0 aliphatic carbocycles. The van der Waals surface area contributed by atoms with E-state index in [4.69, 9.17) is 0 Å². The van der Waals surface area contributed by atoms with Gasteiger partial charge in [0, 0.05) is 36.3 Å². The monoisotopic (exact) mass is 382 g/mol. The largest absolute Gasteiger partial charge is 0.346 e. The lowest BCUT2D eigenvalue weighted by atomic mass is 10.2. The Morgan fingerprint density at radius 3 is 2.52 bits per heavy atom. The zero-order valence-electron chi connectivity index (χ0n) is 13.6. The summed E-state index contributed by atoms with van der Waals surface area (Å²) in [6.07, 6.45) is 0. The molecule has 1 aromatic rings. The highest BCUT2D eigenvalue weighted by Crippen LogP contribution is 2.19. The fraction of sp³-hybridized carbons (Fsp3) is 0.500. The molecule has 0 bridgehead atoms. The molecule has 1 heterocycles. The van der Waals surface area contributed by atoms with Gasteiger partial charge in [0.15, 0.2) is 0 Å². The lowest BCUT2D eigenvalue weighted by Crippen LogP contribution is -2.48. The van der Waals surface area contributed by atoms with Crippen LogP contribution in [0.3, 0.4) is 0 Å². The summed E-state index contributed by atoms with van der Waals surface area (Å²) in [7, 11) is 2.08. The third-order valence-corrected chi connectivity index (χ3v) is 4.37. The molecule has 2 rings (SSSR count). The van der Waals surface area contributed by atoms with Crippen LogP contribution in [0, 0.1) is 6.92 Å². The Kier molecular flexibility index (Phi) is 6.56. The molecule has 0 aromatic heterocycles. The Hall–Kier alpha value is -1.44. The first-order valence-corrected chi connectivity index (χ1v) is 8.47. The molecule has 0 unspecified atom stereocenters. The summed E-state index contributed by atoms with van der Waals surface area (Å²) in [6, 6.07) is 5.64. The average molecular weight is 383 g/mol. The van der Waals surface area contributed by atoms with Gasteiger partial charge in [0.05, 0.1) is 13.1 Å². The summed E-state index contributed by atoms with van der Waals surface area (Å²) in [5, 5.41) is 5.48. The second-order valence-electron chi connectivity index (χ2n) is 5.86. The fourth-order valence-electron chi connectivity index (χ4n) is 2.41. The van der Waals surface area contributed by atoms with E-state index >= 15 is 0 Å². The highest BCUT2D eigenvalue weighted by molar-refractivity contribution is 9.10. The molecular formula is C16H23BrN4O2. The highest BCUT2D eigenvalue weighted by atomic mass is 79.9. The van der Waals surface area contributed by atoms with Crippen LogP contribution in [0.5, 0.6) is 0 Å². The summed E-state index contributed by atoms with van der Waals surface area (Å²) in [5.41, 5.74) is 1.73. The average Bonchev–Trinajstić information content (AvgIpc) is 2.50. The van der Waals surface area contributed by atoms with Crippen molar-refractivity contribution in [2.75, 3.05) is 51.6 Å². The molecule has 6 nitrogen and oxygen atoms in total. The Bertz CT molecular complexity index is 571. The quantitative estimate of drug-likeness (QED) is 0.798. The molecule has 1 fully saturated rings. The summed E-state index contributed by atoms with van der Waals surface area (Å²) >= 11 is 3.39. The summed E-state index contributed by atoms with van der Waals surface area (Å²) < 4.78 is 0.966. The van der Waals surface area contributed by atoms with Crippen molar-refractivity contribution >= 4 is 33.4 Å². The van der Waals surface area contributed by atoms with Crippen molar-refractivity contribution in [1.29, 1.82) is 0 Å². The van der Waals surface area contributed by atoms with Crippen LogP contribution >= 0.6 is 15.9 Å². The second-order valence-corrected chi connectivity index (χ2v) is 6.78. The first kappa shape index (κ1) is 17.9. The van der Waals surface area contributed by atoms with Crippen LogP contribution < -0.4 is 10.6 Å². The molecule has 1 saturated heterocycles. The lowest BCUT2D eigenvalue weighted by molar-refractivity contribution is -0.125. The lowest BCUT2D eigenvalue weighted by Gasteiger charge is -2.31. The van der Waals surface area contributed by atoms with Crippen molar-refractivity contribution in [3.05, 3.63) is 28.2 Å². The van der Waals surface area contributed by atoms with Gasteiger partial charge in [-0.1, -0.05) is 15.9 Å². The van der Waals surface area contributed by atoms with E-state index in [1.54, 1.807) is 0 Å². The number of halogens is 1. The van der Waals surface area contributed by atoms with Gasteiger partial charge in [-0.2, -0.15) is 0 Å². The number of benzene rings is 1. The predicted molar refractivity (Wildman–Crippen MR) is 94.5 cm³/mol. The number of likely N-dealkylation sites (N-methyl/N-ethyl adjacent to an activating group) is 1.